The van der Waals surface area contributed by atoms with Crippen LogP contribution in [0.25, 0.3) is 0 Å². The topological polar surface area (TPSA) is 290 Å². The van der Waals surface area contributed by atoms with Gasteiger partial charge in [0.15, 0.2) is 5.78 Å². The summed E-state index contributed by atoms with van der Waals surface area (Å²) in [5.41, 5.74) is 51.3. The van der Waals surface area contributed by atoms with Crippen LogP contribution in [0.4, 0.5) is 0 Å². The summed E-state index contributed by atoms with van der Waals surface area (Å²) in [6.45, 7) is 1.69. The molecule has 0 saturated carbocycles. The molecule has 31 heavy (non-hydrogen) atoms. The number of hydrogen-bond donors (Lipinski definition) is 9. The molecule has 2 fully saturated rings. The van der Waals surface area contributed by atoms with Crippen LogP contribution in [-0.2, 0) is 19.1 Å². The van der Waals surface area contributed by atoms with E-state index in [2.05, 4.69) is 0 Å². The monoisotopic (exact) mass is 443 g/mol. The maximum atomic E-state index is 12.8. The summed E-state index contributed by atoms with van der Waals surface area (Å²) < 4.78 is 11.1. The van der Waals surface area contributed by atoms with Gasteiger partial charge in [0, 0.05) is 24.2 Å². The molecule has 0 aromatic carbocycles. The van der Waals surface area contributed by atoms with Crippen molar-refractivity contribution in [1.82, 2.24) is 0 Å². The second-order valence-corrected chi connectivity index (χ2v) is 8.52. The summed E-state index contributed by atoms with van der Waals surface area (Å²) in [6, 6.07) is -5.97. The van der Waals surface area contributed by atoms with Crippen LogP contribution in [0.15, 0.2) is 11.8 Å². The van der Waals surface area contributed by atoms with Crippen LogP contribution < -0.4 is 51.6 Å². The van der Waals surface area contributed by atoms with E-state index >= 15 is 0 Å². The molecule has 0 spiro atoms. The first-order chi connectivity index (χ1) is 14.3. The fraction of sp³-hybridized carbons (Fsp3) is 0.778. The van der Waals surface area contributed by atoms with Crippen molar-refractivity contribution in [2.75, 3.05) is 0 Å². The third-order valence-electron chi connectivity index (χ3n) is 6.20. The van der Waals surface area contributed by atoms with Crippen LogP contribution in [0.2, 0.25) is 0 Å². The first-order valence-electron chi connectivity index (χ1n) is 10.2. The average Bonchev–Trinajstić information content (AvgIpc) is 3.37. The lowest BCUT2D eigenvalue weighted by atomic mass is 9.84. The second-order valence-electron chi connectivity index (χ2n) is 8.52. The summed E-state index contributed by atoms with van der Waals surface area (Å²) in [6.07, 6.45) is 2.01. The molecule has 6 unspecified atom stereocenters. The van der Waals surface area contributed by atoms with E-state index in [1.807, 2.05) is 0 Å². The molecule has 0 aromatic heterocycles. The Morgan fingerprint density at radius 2 is 1.68 bits per heavy atom. The number of carbonyl (C=O) groups is 2. The van der Waals surface area contributed by atoms with Crippen LogP contribution in [0, 0.1) is 0 Å². The zero-order valence-electron chi connectivity index (χ0n) is 17.8. The van der Waals surface area contributed by atoms with E-state index in [4.69, 9.17) is 61.1 Å². The van der Waals surface area contributed by atoms with Crippen molar-refractivity contribution >= 4 is 11.8 Å². The summed E-state index contributed by atoms with van der Waals surface area (Å²) in [5.74, 6) is -1.82. The molecule has 2 heterocycles. The van der Waals surface area contributed by atoms with Crippen LogP contribution in [0.1, 0.15) is 32.6 Å². The molecule has 0 amide bonds. The summed E-state index contributed by atoms with van der Waals surface area (Å²) in [7, 11) is 0. The molecule has 13 heteroatoms. The third kappa shape index (κ3) is 5.39. The number of fused-ring (bicyclic) bond motifs is 1. The van der Waals surface area contributed by atoms with E-state index < -0.39 is 65.6 Å². The van der Waals surface area contributed by atoms with Gasteiger partial charge in [-0.3, -0.25) is 9.59 Å². The number of nitrogens with two attached hydrogens (primary N) is 9. The Morgan fingerprint density at radius 3 is 2.26 bits per heavy atom. The molecule has 13 nitrogen and oxygen atoms in total. The number of allylic oxidation sites excluding steroid dienone is 1. The zero-order valence-corrected chi connectivity index (χ0v) is 17.8. The van der Waals surface area contributed by atoms with Gasteiger partial charge in [0.05, 0.1) is 12.1 Å². The lowest BCUT2D eigenvalue weighted by Gasteiger charge is -2.36. The predicted molar refractivity (Wildman–Crippen MR) is 114 cm³/mol. The number of Topliss-reactive ketones (excluding diaryl/α,β-unsaturated/α-hetero) is 1. The van der Waals surface area contributed by atoms with Gasteiger partial charge in [-0.1, -0.05) is 6.08 Å². The highest BCUT2D eigenvalue weighted by molar-refractivity contribution is 5.94. The fourth-order valence-corrected chi connectivity index (χ4v) is 3.69. The molecule has 18 N–H and O–H groups in total. The number of hydrogen-bond acceptors (Lipinski definition) is 13. The standard InChI is InChI=1S/C18H37N9O4/c1-2-7(19)9-6-10-17(25,31-10)5-3-4-8(20)11(21)12(22)15(28)18(26,27)14(24)13(23)16(29)30-9/h2,8-14H,3-6,19-27H2,1H3/b7-2-/t8?,9?,10-,11?,12?,13?,14?,17+/m1/s1. The van der Waals surface area contributed by atoms with Crippen LogP contribution >= 0.6 is 0 Å². The Labute approximate surface area is 181 Å². The molecule has 2 aliphatic heterocycles. The first-order valence-corrected chi connectivity index (χ1v) is 10.2. The van der Waals surface area contributed by atoms with Gasteiger partial charge in [0.25, 0.3) is 0 Å². The molecule has 0 bridgehead atoms. The molecule has 2 rings (SSSR count). The number of ether oxygens (including phenoxy) is 2. The molecule has 0 aromatic rings. The van der Waals surface area contributed by atoms with E-state index in [1.54, 1.807) is 13.0 Å². The highest BCUT2D eigenvalue weighted by atomic mass is 16.6. The molecule has 8 atom stereocenters. The molecular formula is C18H37N9O4. The van der Waals surface area contributed by atoms with Gasteiger partial charge >= 0.3 is 5.97 Å². The van der Waals surface area contributed by atoms with Crippen molar-refractivity contribution in [3.63, 3.8) is 0 Å². The van der Waals surface area contributed by atoms with Gasteiger partial charge in [0.2, 0.25) is 0 Å². The number of cyclic esters (lactones) is 1. The lowest BCUT2D eigenvalue weighted by molar-refractivity contribution is -0.150. The van der Waals surface area contributed by atoms with Crippen molar-refractivity contribution in [3.8, 4) is 0 Å². The van der Waals surface area contributed by atoms with Crippen molar-refractivity contribution in [3.05, 3.63) is 11.8 Å². The average molecular weight is 444 g/mol. The SMILES string of the molecule is C/C=C(\N)C1C[C@H]2O[C@@]2(N)CCCC(N)C(N)C(N)C(=O)C(N)(N)C(N)C(N)C(=O)O1. The molecule has 0 radical (unpaired) electrons. The van der Waals surface area contributed by atoms with Gasteiger partial charge in [-0.25, -0.2) is 0 Å². The Bertz CT molecular complexity index is 718. The van der Waals surface area contributed by atoms with Crippen molar-refractivity contribution in [2.45, 2.75) is 86.4 Å². The first kappa shape index (κ1) is 25.6. The third-order valence-corrected chi connectivity index (χ3v) is 6.20. The molecular weight excluding hydrogens is 406 g/mol. The fourth-order valence-electron chi connectivity index (χ4n) is 3.69. The van der Waals surface area contributed by atoms with Crippen molar-refractivity contribution in [2.24, 2.45) is 51.6 Å². The second kappa shape index (κ2) is 9.44. The highest BCUT2D eigenvalue weighted by Crippen LogP contribution is 2.40. The smallest absolute Gasteiger partial charge is 0.325 e. The van der Waals surface area contributed by atoms with Gasteiger partial charge in [-0.05, 0) is 26.2 Å². The Hall–Kier alpha value is -1.68. The van der Waals surface area contributed by atoms with Crippen LogP contribution in [-0.4, -0.2) is 65.6 Å². The van der Waals surface area contributed by atoms with E-state index in [1.165, 1.54) is 0 Å². The molecule has 2 aliphatic rings. The maximum Gasteiger partial charge on any atom is 0.325 e. The van der Waals surface area contributed by atoms with E-state index in [9.17, 15) is 9.59 Å². The largest absolute Gasteiger partial charge is 0.455 e. The van der Waals surface area contributed by atoms with E-state index in [0.29, 0.717) is 19.3 Å². The Kier molecular flexibility index (Phi) is 7.79. The van der Waals surface area contributed by atoms with Crippen molar-refractivity contribution < 1.29 is 19.1 Å². The van der Waals surface area contributed by atoms with Crippen molar-refractivity contribution in [1.29, 1.82) is 0 Å². The number of ketones is 1. The molecule has 178 valence electrons. The minimum absolute atomic E-state index is 0.214. The summed E-state index contributed by atoms with van der Waals surface area (Å²) in [4.78, 5) is 25.5. The van der Waals surface area contributed by atoms with E-state index in [0.717, 1.165) is 0 Å². The predicted octanol–water partition coefficient (Wildman–Crippen LogP) is -4.79. The Morgan fingerprint density at radius 1 is 1.06 bits per heavy atom. The minimum Gasteiger partial charge on any atom is -0.455 e. The van der Waals surface area contributed by atoms with Crippen LogP contribution in [0.5, 0.6) is 0 Å². The zero-order chi connectivity index (χ0) is 23.7. The molecule has 2 saturated heterocycles. The highest BCUT2D eigenvalue weighted by Gasteiger charge is 2.54. The van der Waals surface area contributed by atoms with Gasteiger partial charge in [0.1, 0.15) is 29.6 Å². The number of carbonyl (C=O) groups excluding carboxylic acids is 2. The normalized spacial score (nSPS) is 43.1. The minimum atomic E-state index is -2.25. The summed E-state index contributed by atoms with van der Waals surface area (Å²) >= 11 is 0. The van der Waals surface area contributed by atoms with Gasteiger partial charge in [-0.15, -0.1) is 0 Å². The number of esters is 1. The lowest BCUT2D eigenvalue weighted by Crippen LogP contribution is -2.77. The molecule has 0 aliphatic carbocycles. The van der Waals surface area contributed by atoms with E-state index in [-0.39, 0.29) is 12.1 Å². The Balaban J connectivity index is 2.33. The van der Waals surface area contributed by atoms with Crippen LogP contribution in [0.3, 0.4) is 0 Å². The quantitative estimate of drug-likeness (QED) is 0.104. The summed E-state index contributed by atoms with van der Waals surface area (Å²) in [5, 5.41) is 0. The maximum absolute atomic E-state index is 12.8. The van der Waals surface area contributed by atoms with Gasteiger partial charge in [-0.2, -0.15) is 0 Å². The van der Waals surface area contributed by atoms with Gasteiger partial charge < -0.3 is 61.1 Å². The number of epoxide rings is 1. The number of rotatable bonds is 1.